The molecule has 1 aliphatic heterocycles. The van der Waals surface area contributed by atoms with Crippen LogP contribution in [0.25, 0.3) is 0 Å². The van der Waals surface area contributed by atoms with E-state index in [2.05, 4.69) is 15.5 Å². The molecule has 1 aromatic heterocycles. The Kier molecular flexibility index (Phi) is 4.97. The van der Waals surface area contributed by atoms with Crippen LogP contribution in [0.15, 0.2) is 30.3 Å². The van der Waals surface area contributed by atoms with Crippen molar-refractivity contribution in [3.63, 3.8) is 0 Å². The van der Waals surface area contributed by atoms with E-state index in [-0.39, 0.29) is 42.4 Å². The van der Waals surface area contributed by atoms with Gasteiger partial charge < -0.3 is 15.0 Å². The highest BCUT2D eigenvalue weighted by atomic mass is 19.1. The van der Waals surface area contributed by atoms with Crippen molar-refractivity contribution in [1.29, 1.82) is 0 Å². The van der Waals surface area contributed by atoms with Crippen LogP contribution in [-0.4, -0.2) is 46.0 Å². The van der Waals surface area contributed by atoms with E-state index in [4.69, 9.17) is 4.74 Å². The van der Waals surface area contributed by atoms with Gasteiger partial charge in [0, 0.05) is 31.6 Å². The maximum absolute atomic E-state index is 13.1. The summed E-state index contributed by atoms with van der Waals surface area (Å²) in [6.45, 7) is 2.79. The topological polar surface area (TPSA) is 87.3 Å². The smallest absolute Gasteiger partial charge is 0.274 e. The molecule has 1 unspecified atom stereocenters. The average molecular weight is 346 g/mol. The molecule has 132 valence electrons. The Morgan fingerprint density at radius 2 is 2.28 bits per heavy atom. The first-order valence-electron chi connectivity index (χ1n) is 8.03. The number of hydrogen-bond acceptors (Lipinski definition) is 4. The van der Waals surface area contributed by atoms with Crippen LogP contribution >= 0.6 is 0 Å². The van der Waals surface area contributed by atoms with Gasteiger partial charge in [0.25, 0.3) is 5.91 Å². The molecule has 1 aromatic carbocycles. The van der Waals surface area contributed by atoms with Gasteiger partial charge in [0.1, 0.15) is 18.2 Å². The van der Waals surface area contributed by atoms with Crippen molar-refractivity contribution in [2.24, 2.45) is 0 Å². The first-order valence-corrected chi connectivity index (χ1v) is 8.03. The number of nitrogens with zero attached hydrogens (tertiary/aromatic N) is 2. The maximum atomic E-state index is 13.1. The molecule has 3 rings (SSSR count). The molecular formula is C17H19FN4O3. The Balaban J connectivity index is 1.64. The van der Waals surface area contributed by atoms with Crippen LogP contribution in [0.3, 0.4) is 0 Å². The van der Waals surface area contributed by atoms with Gasteiger partial charge in [0.2, 0.25) is 5.91 Å². The summed E-state index contributed by atoms with van der Waals surface area (Å²) in [5.74, 6) is -0.282. The maximum Gasteiger partial charge on any atom is 0.274 e. The molecule has 0 radical (unpaired) electrons. The number of H-pyrrole nitrogens is 1. The average Bonchev–Trinajstić information content (AvgIpc) is 3.00. The van der Waals surface area contributed by atoms with Crippen LogP contribution in [0.4, 0.5) is 4.39 Å². The normalized spacial score (nSPS) is 17.8. The summed E-state index contributed by atoms with van der Waals surface area (Å²) >= 11 is 0. The molecule has 2 heterocycles. The zero-order chi connectivity index (χ0) is 17.8. The monoisotopic (exact) mass is 346 g/mol. The largest absolute Gasteiger partial charge is 0.487 e. The molecule has 0 saturated carbocycles. The minimum Gasteiger partial charge on any atom is -0.487 e. The lowest BCUT2D eigenvalue weighted by Crippen LogP contribution is -2.42. The number of amides is 2. The highest BCUT2D eigenvalue weighted by Crippen LogP contribution is 2.15. The summed E-state index contributed by atoms with van der Waals surface area (Å²) in [5.41, 5.74) is 0.864. The highest BCUT2D eigenvalue weighted by molar-refractivity contribution is 5.93. The van der Waals surface area contributed by atoms with E-state index in [9.17, 15) is 14.0 Å². The molecule has 7 nitrogen and oxygen atoms in total. The van der Waals surface area contributed by atoms with E-state index in [0.29, 0.717) is 24.5 Å². The summed E-state index contributed by atoms with van der Waals surface area (Å²) in [6.07, 6.45) is 0.274. The molecule has 1 fully saturated rings. The number of carbonyl (C=O) groups is 2. The van der Waals surface area contributed by atoms with Crippen molar-refractivity contribution < 1.29 is 18.7 Å². The predicted octanol–water partition coefficient (Wildman–Crippen LogP) is 1.48. The Bertz CT molecular complexity index is 777. The standard InChI is InChI=1S/C17H19FN4O3/c1-11-9-19-16(23)5-6-22(11)17(24)15-8-13(20-21-15)10-25-14-4-2-3-12(18)7-14/h2-4,7-8,11H,5-6,9-10H2,1H3,(H,19,23)(H,20,21). The Morgan fingerprint density at radius 1 is 1.44 bits per heavy atom. The molecule has 1 atom stereocenters. The molecule has 2 aromatic rings. The van der Waals surface area contributed by atoms with Crippen LogP contribution < -0.4 is 10.1 Å². The number of aromatic nitrogens is 2. The number of ether oxygens (including phenoxy) is 1. The van der Waals surface area contributed by atoms with E-state index in [1.54, 1.807) is 23.1 Å². The minimum atomic E-state index is -0.378. The van der Waals surface area contributed by atoms with Crippen molar-refractivity contribution in [3.05, 3.63) is 47.5 Å². The van der Waals surface area contributed by atoms with Crippen LogP contribution in [0.1, 0.15) is 29.5 Å². The van der Waals surface area contributed by atoms with Crippen LogP contribution in [-0.2, 0) is 11.4 Å². The summed E-state index contributed by atoms with van der Waals surface area (Å²) in [5, 5.41) is 9.55. The molecule has 2 amide bonds. The minimum absolute atomic E-state index is 0.0617. The van der Waals surface area contributed by atoms with E-state index >= 15 is 0 Å². The second kappa shape index (κ2) is 7.33. The first kappa shape index (κ1) is 16.9. The van der Waals surface area contributed by atoms with Gasteiger partial charge in [0.15, 0.2) is 5.69 Å². The first-order chi connectivity index (χ1) is 12.0. The molecule has 1 saturated heterocycles. The van der Waals surface area contributed by atoms with Crippen LogP contribution in [0.5, 0.6) is 5.75 Å². The Hall–Kier alpha value is -2.90. The van der Waals surface area contributed by atoms with Gasteiger partial charge in [-0.15, -0.1) is 0 Å². The molecule has 0 bridgehead atoms. The molecular weight excluding hydrogens is 327 g/mol. The second-order valence-electron chi connectivity index (χ2n) is 5.93. The third-order valence-electron chi connectivity index (χ3n) is 4.01. The molecule has 25 heavy (non-hydrogen) atoms. The second-order valence-corrected chi connectivity index (χ2v) is 5.93. The van der Waals surface area contributed by atoms with Crippen LogP contribution in [0, 0.1) is 5.82 Å². The van der Waals surface area contributed by atoms with Crippen molar-refractivity contribution in [2.45, 2.75) is 26.0 Å². The number of benzene rings is 1. The fourth-order valence-corrected chi connectivity index (χ4v) is 2.61. The third kappa shape index (κ3) is 4.14. The lowest BCUT2D eigenvalue weighted by molar-refractivity contribution is -0.120. The lowest BCUT2D eigenvalue weighted by atomic mass is 10.2. The van der Waals surface area contributed by atoms with Gasteiger partial charge in [0.05, 0.1) is 5.69 Å². The summed E-state index contributed by atoms with van der Waals surface area (Å²) in [6, 6.07) is 7.32. The Morgan fingerprint density at radius 3 is 3.08 bits per heavy atom. The summed E-state index contributed by atoms with van der Waals surface area (Å²) < 4.78 is 18.6. The van der Waals surface area contributed by atoms with E-state index in [0.717, 1.165) is 0 Å². The van der Waals surface area contributed by atoms with Crippen molar-refractivity contribution in [2.75, 3.05) is 13.1 Å². The van der Waals surface area contributed by atoms with Crippen molar-refractivity contribution in [1.82, 2.24) is 20.4 Å². The predicted molar refractivity (Wildman–Crippen MR) is 87.4 cm³/mol. The van der Waals surface area contributed by atoms with Gasteiger partial charge in [-0.1, -0.05) is 6.07 Å². The Labute approximate surface area is 144 Å². The lowest BCUT2D eigenvalue weighted by Gasteiger charge is -2.25. The van der Waals surface area contributed by atoms with Gasteiger partial charge in [-0.05, 0) is 25.1 Å². The van der Waals surface area contributed by atoms with Gasteiger partial charge in [-0.25, -0.2) is 4.39 Å². The fraction of sp³-hybridized carbons (Fsp3) is 0.353. The number of aromatic amines is 1. The highest BCUT2D eigenvalue weighted by Gasteiger charge is 2.26. The molecule has 0 spiro atoms. The summed E-state index contributed by atoms with van der Waals surface area (Å²) in [4.78, 5) is 25.7. The molecule has 8 heteroatoms. The number of halogens is 1. The van der Waals surface area contributed by atoms with Crippen molar-refractivity contribution >= 4 is 11.8 Å². The van der Waals surface area contributed by atoms with E-state index < -0.39 is 0 Å². The van der Waals surface area contributed by atoms with Gasteiger partial charge in [-0.3, -0.25) is 14.7 Å². The van der Waals surface area contributed by atoms with E-state index in [1.807, 2.05) is 6.92 Å². The number of rotatable bonds is 4. The summed E-state index contributed by atoms with van der Waals surface area (Å²) in [7, 11) is 0. The van der Waals surface area contributed by atoms with Crippen molar-refractivity contribution in [3.8, 4) is 5.75 Å². The van der Waals surface area contributed by atoms with Gasteiger partial charge in [-0.2, -0.15) is 5.10 Å². The number of carbonyl (C=O) groups excluding carboxylic acids is 2. The van der Waals surface area contributed by atoms with Gasteiger partial charge >= 0.3 is 0 Å². The quantitative estimate of drug-likeness (QED) is 0.878. The van der Waals surface area contributed by atoms with Crippen LogP contribution in [0.2, 0.25) is 0 Å². The molecule has 1 aliphatic rings. The van der Waals surface area contributed by atoms with E-state index in [1.165, 1.54) is 12.1 Å². The zero-order valence-corrected chi connectivity index (χ0v) is 13.8. The molecule has 0 aliphatic carbocycles. The fourth-order valence-electron chi connectivity index (χ4n) is 2.61. The third-order valence-corrected chi connectivity index (χ3v) is 4.01. The SMILES string of the molecule is CC1CNC(=O)CCN1C(=O)c1cc(COc2cccc(F)c2)[nH]n1. The zero-order valence-electron chi connectivity index (χ0n) is 13.8. The molecule has 2 N–H and O–H groups in total. The number of hydrogen-bond donors (Lipinski definition) is 2. The number of nitrogens with one attached hydrogen (secondary N) is 2.